The summed E-state index contributed by atoms with van der Waals surface area (Å²) >= 11 is 6.17. The highest BCUT2D eigenvalue weighted by atomic mass is 35.5. The number of ether oxygens (including phenoxy) is 1. The Balaban J connectivity index is 2.19. The second kappa shape index (κ2) is 4.87. The highest BCUT2D eigenvalue weighted by Crippen LogP contribution is 2.36. The van der Waals surface area contributed by atoms with Crippen molar-refractivity contribution in [2.24, 2.45) is 5.41 Å². The van der Waals surface area contributed by atoms with Crippen molar-refractivity contribution in [1.82, 2.24) is 5.32 Å². The molecule has 1 aliphatic heterocycles. The van der Waals surface area contributed by atoms with E-state index in [-0.39, 0.29) is 0 Å². The van der Waals surface area contributed by atoms with Crippen molar-refractivity contribution >= 4 is 11.6 Å². The van der Waals surface area contributed by atoms with E-state index >= 15 is 0 Å². The van der Waals surface area contributed by atoms with Crippen molar-refractivity contribution in [3.05, 3.63) is 28.8 Å². The van der Waals surface area contributed by atoms with Gasteiger partial charge in [0.15, 0.2) is 0 Å². The Kier molecular flexibility index (Phi) is 3.64. The minimum absolute atomic E-state index is 0.356. The van der Waals surface area contributed by atoms with Crippen LogP contribution in [-0.4, -0.2) is 20.2 Å². The summed E-state index contributed by atoms with van der Waals surface area (Å²) in [6, 6.07) is 6.12. The lowest BCUT2D eigenvalue weighted by molar-refractivity contribution is 0.240. The molecule has 1 fully saturated rings. The Labute approximate surface area is 108 Å². The van der Waals surface area contributed by atoms with Crippen molar-refractivity contribution < 1.29 is 4.74 Å². The van der Waals surface area contributed by atoms with E-state index in [1.54, 1.807) is 7.11 Å². The van der Waals surface area contributed by atoms with Crippen LogP contribution in [0.3, 0.4) is 0 Å². The summed E-state index contributed by atoms with van der Waals surface area (Å²) in [5.74, 6) is 1.29. The predicted molar refractivity (Wildman–Crippen MR) is 72.0 cm³/mol. The summed E-state index contributed by atoms with van der Waals surface area (Å²) in [7, 11) is 1.65. The van der Waals surface area contributed by atoms with Gasteiger partial charge in [0.05, 0.1) is 12.1 Å². The third-order valence-corrected chi connectivity index (χ3v) is 3.74. The van der Waals surface area contributed by atoms with Crippen LogP contribution in [-0.2, 0) is 0 Å². The van der Waals surface area contributed by atoms with Gasteiger partial charge in [0.25, 0.3) is 0 Å². The molecule has 1 unspecified atom stereocenters. The molecular weight excluding hydrogens is 234 g/mol. The lowest BCUT2D eigenvalue weighted by Gasteiger charge is -2.36. The Bertz CT molecular complexity index is 403. The molecule has 2 rings (SSSR count). The standard InChI is InChI=1S/C14H20ClNO/c1-14(2)7-11(8-16-9-14)10-4-5-13(17-3)12(15)6-10/h4-6,11,16H,7-9H2,1-3H3. The summed E-state index contributed by atoms with van der Waals surface area (Å²) in [6.45, 7) is 6.73. The second-order valence-electron chi connectivity index (χ2n) is 5.59. The van der Waals surface area contributed by atoms with Gasteiger partial charge in [0.2, 0.25) is 0 Å². The van der Waals surface area contributed by atoms with Gasteiger partial charge in [-0.15, -0.1) is 0 Å². The van der Waals surface area contributed by atoms with Crippen LogP contribution in [0.25, 0.3) is 0 Å². The molecule has 1 aliphatic rings. The maximum atomic E-state index is 6.17. The van der Waals surface area contributed by atoms with Gasteiger partial charge < -0.3 is 10.1 Å². The molecule has 1 aromatic rings. The van der Waals surface area contributed by atoms with E-state index in [0.717, 1.165) is 18.8 Å². The number of benzene rings is 1. The first-order valence-corrected chi connectivity index (χ1v) is 6.44. The first-order chi connectivity index (χ1) is 8.02. The molecule has 3 heteroatoms. The van der Waals surface area contributed by atoms with Crippen LogP contribution in [0.2, 0.25) is 5.02 Å². The van der Waals surface area contributed by atoms with Gasteiger partial charge in [-0.25, -0.2) is 0 Å². The Morgan fingerprint density at radius 3 is 2.76 bits per heavy atom. The zero-order chi connectivity index (χ0) is 12.5. The van der Waals surface area contributed by atoms with Gasteiger partial charge in [0, 0.05) is 13.1 Å². The molecule has 0 saturated carbocycles. The molecule has 17 heavy (non-hydrogen) atoms. The normalized spacial score (nSPS) is 23.4. The maximum absolute atomic E-state index is 6.17. The maximum Gasteiger partial charge on any atom is 0.137 e. The third kappa shape index (κ3) is 2.93. The topological polar surface area (TPSA) is 21.3 Å². The summed E-state index contributed by atoms with van der Waals surface area (Å²) < 4.78 is 5.18. The summed E-state index contributed by atoms with van der Waals surface area (Å²) in [6.07, 6.45) is 1.20. The van der Waals surface area contributed by atoms with E-state index in [1.165, 1.54) is 12.0 Å². The first-order valence-electron chi connectivity index (χ1n) is 6.06. The van der Waals surface area contributed by atoms with Crippen molar-refractivity contribution in [2.45, 2.75) is 26.2 Å². The average Bonchev–Trinajstić information content (AvgIpc) is 2.27. The molecule has 1 atom stereocenters. The van der Waals surface area contributed by atoms with Crippen LogP contribution in [0.1, 0.15) is 31.7 Å². The van der Waals surface area contributed by atoms with E-state index in [9.17, 15) is 0 Å². The van der Waals surface area contributed by atoms with Crippen molar-refractivity contribution in [1.29, 1.82) is 0 Å². The number of rotatable bonds is 2. The quantitative estimate of drug-likeness (QED) is 0.872. The number of methoxy groups -OCH3 is 1. The number of hydrogen-bond donors (Lipinski definition) is 1. The van der Waals surface area contributed by atoms with Crippen LogP contribution in [0, 0.1) is 5.41 Å². The smallest absolute Gasteiger partial charge is 0.137 e. The fraction of sp³-hybridized carbons (Fsp3) is 0.571. The molecule has 0 aliphatic carbocycles. The zero-order valence-corrected chi connectivity index (χ0v) is 11.5. The molecule has 1 N–H and O–H groups in total. The molecule has 0 amide bonds. The number of hydrogen-bond acceptors (Lipinski definition) is 2. The monoisotopic (exact) mass is 253 g/mol. The molecule has 0 aromatic heterocycles. The minimum Gasteiger partial charge on any atom is -0.495 e. The van der Waals surface area contributed by atoms with Crippen molar-refractivity contribution in [3.63, 3.8) is 0 Å². The van der Waals surface area contributed by atoms with Gasteiger partial charge in [-0.2, -0.15) is 0 Å². The molecule has 1 aromatic carbocycles. The highest BCUT2D eigenvalue weighted by molar-refractivity contribution is 6.32. The molecule has 94 valence electrons. The largest absolute Gasteiger partial charge is 0.495 e. The highest BCUT2D eigenvalue weighted by Gasteiger charge is 2.28. The van der Waals surface area contributed by atoms with E-state index < -0.39 is 0 Å². The molecule has 1 heterocycles. The van der Waals surface area contributed by atoms with Gasteiger partial charge in [0.1, 0.15) is 5.75 Å². The lowest BCUT2D eigenvalue weighted by atomic mass is 9.77. The molecule has 0 radical (unpaired) electrons. The number of halogens is 1. The number of nitrogens with one attached hydrogen (secondary N) is 1. The third-order valence-electron chi connectivity index (χ3n) is 3.44. The average molecular weight is 254 g/mol. The molecule has 0 spiro atoms. The van der Waals surface area contributed by atoms with Crippen molar-refractivity contribution in [2.75, 3.05) is 20.2 Å². The molecule has 1 saturated heterocycles. The Morgan fingerprint density at radius 1 is 1.41 bits per heavy atom. The predicted octanol–water partition coefficient (Wildman–Crippen LogP) is 3.45. The van der Waals surface area contributed by atoms with Crippen LogP contribution in [0.5, 0.6) is 5.75 Å². The van der Waals surface area contributed by atoms with Crippen molar-refractivity contribution in [3.8, 4) is 5.75 Å². The second-order valence-corrected chi connectivity index (χ2v) is 6.00. The van der Waals surface area contributed by atoms with E-state index in [1.807, 2.05) is 12.1 Å². The van der Waals surface area contributed by atoms with Crippen LogP contribution >= 0.6 is 11.6 Å². The van der Waals surface area contributed by atoms with Crippen LogP contribution in [0.4, 0.5) is 0 Å². The summed E-state index contributed by atoms with van der Waals surface area (Å²) in [5.41, 5.74) is 1.66. The van der Waals surface area contributed by atoms with E-state index in [0.29, 0.717) is 16.4 Å². The van der Waals surface area contributed by atoms with E-state index in [4.69, 9.17) is 16.3 Å². The fourth-order valence-electron chi connectivity index (χ4n) is 2.57. The fourth-order valence-corrected chi connectivity index (χ4v) is 2.83. The minimum atomic E-state index is 0.356. The lowest BCUT2D eigenvalue weighted by Crippen LogP contribution is -2.40. The molecule has 2 nitrogen and oxygen atoms in total. The zero-order valence-electron chi connectivity index (χ0n) is 10.7. The van der Waals surface area contributed by atoms with Gasteiger partial charge in [-0.1, -0.05) is 31.5 Å². The molecular formula is C14H20ClNO. The van der Waals surface area contributed by atoms with Crippen LogP contribution in [0.15, 0.2) is 18.2 Å². The number of piperidine rings is 1. The van der Waals surface area contributed by atoms with Gasteiger partial charge >= 0.3 is 0 Å². The Hall–Kier alpha value is -0.730. The summed E-state index contributed by atoms with van der Waals surface area (Å²) in [5, 5.41) is 4.20. The first kappa shape index (κ1) is 12.7. The van der Waals surface area contributed by atoms with Gasteiger partial charge in [-0.3, -0.25) is 0 Å². The molecule has 0 bridgehead atoms. The summed E-state index contributed by atoms with van der Waals surface area (Å²) in [4.78, 5) is 0. The van der Waals surface area contributed by atoms with E-state index in [2.05, 4.69) is 25.2 Å². The van der Waals surface area contributed by atoms with Crippen LogP contribution < -0.4 is 10.1 Å². The SMILES string of the molecule is COc1ccc(C2CNCC(C)(C)C2)cc1Cl. The Morgan fingerprint density at radius 2 is 2.18 bits per heavy atom. The van der Waals surface area contributed by atoms with Gasteiger partial charge in [-0.05, 0) is 35.4 Å².